The SMILES string of the molecule is COC(CNS(=O)(=O)C(N)=O)OC. The lowest BCUT2D eigenvalue weighted by Gasteiger charge is -2.12. The molecule has 0 saturated carbocycles. The van der Waals surface area contributed by atoms with Crippen molar-refractivity contribution in [3.05, 3.63) is 0 Å². The molecule has 0 spiro atoms. The number of carbonyl (C=O) groups is 1. The Balaban J connectivity index is 4.09. The molecule has 0 rings (SSSR count). The van der Waals surface area contributed by atoms with Gasteiger partial charge in [-0.15, -0.1) is 0 Å². The van der Waals surface area contributed by atoms with E-state index in [1.165, 1.54) is 14.2 Å². The number of hydrogen-bond donors (Lipinski definition) is 2. The molecule has 0 saturated heterocycles. The number of carbonyl (C=O) groups excluding carboxylic acids is 1. The van der Waals surface area contributed by atoms with Crippen LogP contribution in [0.5, 0.6) is 0 Å². The Morgan fingerprint density at radius 3 is 2.23 bits per heavy atom. The summed E-state index contributed by atoms with van der Waals surface area (Å²) in [5.41, 5.74) is 4.57. The number of primary amides is 1. The number of methoxy groups -OCH3 is 2. The van der Waals surface area contributed by atoms with Crippen LogP contribution < -0.4 is 10.5 Å². The van der Waals surface area contributed by atoms with Gasteiger partial charge in [0, 0.05) is 14.2 Å². The molecule has 0 aliphatic heterocycles. The Bertz CT molecular complexity index is 258. The van der Waals surface area contributed by atoms with Gasteiger partial charge >= 0.3 is 5.24 Å². The first-order chi connectivity index (χ1) is 5.94. The van der Waals surface area contributed by atoms with Crippen LogP contribution in [0.3, 0.4) is 0 Å². The third-order valence-electron chi connectivity index (χ3n) is 1.23. The molecule has 0 aromatic rings. The van der Waals surface area contributed by atoms with Crippen LogP contribution in [-0.4, -0.2) is 40.7 Å². The number of nitrogens with two attached hydrogens (primary N) is 1. The van der Waals surface area contributed by atoms with Crippen LogP contribution in [0, 0.1) is 0 Å². The van der Waals surface area contributed by atoms with Crippen LogP contribution in [0.15, 0.2) is 0 Å². The van der Waals surface area contributed by atoms with Gasteiger partial charge in [-0.25, -0.2) is 13.1 Å². The molecule has 78 valence electrons. The second-order valence-corrected chi connectivity index (χ2v) is 3.77. The molecule has 0 heterocycles. The molecule has 0 aliphatic rings. The first-order valence-corrected chi connectivity index (χ1v) is 4.77. The van der Waals surface area contributed by atoms with Crippen molar-refractivity contribution in [1.82, 2.24) is 4.72 Å². The lowest BCUT2D eigenvalue weighted by molar-refractivity contribution is -0.0960. The van der Waals surface area contributed by atoms with E-state index in [4.69, 9.17) is 0 Å². The molecule has 0 aliphatic carbocycles. The molecule has 7 nitrogen and oxygen atoms in total. The van der Waals surface area contributed by atoms with Gasteiger partial charge in [0.2, 0.25) is 0 Å². The third kappa shape index (κ3) is 4.18. The lowest BCUT2D eigenvalue weighted by Crippen LogP contribution is -2.40. The molecular weight excluding hydrogens is 200 g/mol. The van der Waals surface area contributed by atoms with E-state index in [2.05, 4.69) is 15.2 Å². The Morgan fingerprint density at radius 1 is 1.46 bits per heavy atom. The largest absolute Gasteiger partial charge is 0.355 e. The van der Waals surface area contributed by atoms with E-state index < -0.39 is 21.6 Å². The van der Waals surface area contributed by atoms with Gasteiger partial charge in [-0.3, -0.25) is 4.79 Å². The number of nitrogens with one attached hydrogen (secondary N) is 1. The van der Waals surface area contributed by atoms with Crippen molar-refractivity contribution in [1.29, 1.82) is 0 Å². The molecule has 0 fully saturated rings. The van der Waals surface area contributed by atoms with Crippen molar-refractivity contribution in [3.8, 4) is 0 Å². The van der Waals surface area contributed by atoms with E-state index >= 15 is 0 Å². The van der Waals surface area contributed by atoms with Gasteiger partial charge in [0.15, 0.2) is 6.29 Å². The van der Waals surface area contributed by atoms with Crippen molar-refractivity contribution in [2.75, 3.05) is 20.8 Å². The Morgan fingerprint density at radius 2 is 1.92 bits per heavy atom. The molecule has 0 radical (unpaired) electrons. The zero-order chi connectivity index (χ0) is 10.5. The molecule has 0 aromatic heterocycles. The maximum Gasteiger partial charge on any atom is 0.349 e. The molecule has 0 unspecified atom stereocenters. The van der Waals surface area contributed by atoms with Gasteiger partial charge in [-0.1, -0.05) is 0 Å². The molecule has 13 heavy (non-hydrogen) atoms. The fourth-order valence-corrected chi connectivity index (χ4v) is 1.01. The van der Waals surface area contributed by atoms with Crippen molar-refractivity contribution < 1.29 is 22.7 Å². The highest BCUT2D eigenvalue weighted by molar-refractivity contribution is 8.04. The molecule has 0 aromatic carbocycles. The van der Waals surface area contributed by atoms with Crippen LogP contribution in [-0.2, 0) is 19.5 Å². The van der Waals surface area contributed by atoms with Gasteiger partial charge in [-0.2, -0.15) is 0 Å². The number of amides is 1. The topological polar surface area (TPSA) is 108 Å². The van der Waals surface area contributed by atoms with E-state index in [0.29, 0.717) is 0 Å². The van der Waals surface area contributed by atoms with Crippen molar-refractivity contribution in [2.45, 2.75) is 6.29 Å². The number of sulfonamides is 1. The van der Waals surface area contributed by atoms with E-state index in [1.807, 2.05) is 4.72 Å². The van der Waals surface area contributed by atoms with Crippen LogP contribution in [0.4, 0.5) is 4.79 Å². The second-order valence-electron chi connectivity index (χ2n) is 2.07. The minimum atomic E-state index is -4.08. The summed E-state index contributed by atoms with van der Waals surface area (Å²) < 4.78 is 32.8. The van der Waals surface area contributed by atoms with E-state index in [-0.39, 0.29) is 6.54 Å². The summed E-state index contributed by atoms with van der Waals surface area (Å²) in [6.07, 6.45) is -0.742. The maximum atomic E-state index is 10.8. The monoisotopic (exact) mass is 212 g/mol. The molecule has 0 atom stereocenters. The Kier molecular flexibility index (Phi) is 4.85. The zero-order valence-electron chi connectivity index (χ0n) is 7.31. The molecule has 1 amide bonds. The molecular formula is C5H12N2O5S. The number of rotatable bonds is 5. The fourth-order valence-electron chi connectivity index (χ4n) is 0.512. The van der Waals surface area contributed by atoms with Crippen molar-refractivity contribution in [2.24, 2.45) is 5.73 Å². The summed E-state index contributed by atoms with van der Waals surface area (Å²) in [6, 6.07) is 0. The third-order valence-corrected chi connectivity index (χ3v) is 2.31. The Hall–Kier alpha value is -0.700. The highest BCUT2D eigenvalue weighted by atomic mass is 32.2. The van der Waals surface area contributed by atoms with Gasteiger partial charge in [0.05, 0.1) is 6.54 Å². The van der Waals surface area contributed by atoms with Crippen LogP contribution in [0.2, 0.25) is 0 Å². The molecule has 3 N–H and O–H groups in total. The highest BCUT2D eigenvalue weighted by Crippen LogP contribution is 1.90. The normalized spacial score (nSPS) is 11.9. The summed E-state index contributed by atoms with van der Waals surface area (Å²) in [6.45, 7) is -0.168. The Labute approximate surface area is 76.2 Å². The molecule has 0 bridgehead atoms. The predicted octanol–water partition coefficient (Wildman–Crippen LogP) is -1.40. The van der Waals surface area contributed by atoms with E-state index in [9.17, 15) is 13.2 Å². The first-order valence-electron chi connectivity index (χ1n) is 3.28. The smallest absolute Gasteiger partial charge is 0.349 e. The van der Waals surface area contributed by atoms with Gasteiger partial charge < -0.3 is 15.2 Å². The van der Waals surface area contributed by atoms with Gasteiger partial charge in [-0.05, 0) is 0 Å². The predicted molar refractivity (Wildman–Crippen MR) is 44.3 cm³/mol. The van der Waals surface area contributed by atoms with Gasteiger partial charge in [0.25, 0.3) is 10.0 Å². The minimum absolute atomic E-state index is 0.168. The average Bonchev–Trinajstić information content (AvgIpc) is 2.06. The maximum absolute atomic E-state index is 10.8. The van der Waals surface area contributed by atoms with Crippen molar-refractivity contribution in [3.63, 3.8) is 0 Å². The van der Waals surface area contributed by atoms with E-state index in [1.54, 1.807) is 0 Å². The summed E-state index contributed by atoms with van der Waals surface area (Å²) in [5.74, 6) is 0. The second kappa shape index (κ2) is 5.12. The fraction of sp³-hybridized carbons (Fsp3) is 0.800. The van der Waals surface area contributed by atoms with Gasteiger partial charge in [0.1, 0.15) is 0 Å². The quantitative estimate of drug-likeness (QED) is 0.545. The summed E-state index contributed by atoms with van der Waals surface area (Å²) in [5, 5.41) is -1.43. The number of ether oxygens (including phenoxy) is 2. The first kappa shape index (κ1) is 12.3. The minimum Gasteiger partial charge on any atom is -0.355 e. The summed E-state index contributed by atoms with van der Waals surface area (Å²) in [4.78, 5) is 10.3. The highest BCUT2D eigenvalue weighted by Gasteiger charge is 2.19. The van der Waals surface area contributed by atoms with Crippen molar-refractivity contribution >= 4 is 15.3 Å². The molecule has 8 heteroatoms. The van der Waals surface area contributed by atoms with Crippen LogP contribution >= 0.6 is 0 Å². The van der Waals surface area contributed by atoms with Crippen LogP contribution in [0.1, 0.15) is 0 Å². The zero-order valence-corrected chi connectivity index (χ0v) is 8.13. The summed E-state index contributed by atoms with van der Waals surface area (Å²) in [7, 11) is -1.40. The average molecular weight is 212 g/mol. The number of hydrogen-bond acceptors (Lipinski definition) is 5. The summed E-state index contributed by atoms with van der Waals surface area (Å²) >= 11 is 0. The van der Waals surface area contributed by atoms with E-state index in [0.717, 1.165) is 0 Å². The van der Waals surface area contributed by atoms with Crippen LogP contribution in [0.25, 0.3) is 0 Å². The lowest BCUT2D eigenvalue weighted by atomic mass is 10.6. The standard InChI is InChI=1S/C5H12N2O5S/c1-11-4(12-2)3-7-13(9,10)5(6)8/h4,7H,3H2,1-2H3,(H2,6,8).